The first-order valence-electron chi connectivity index (χ1n) is 19.4. The van der Waals surface area contributed by atoms with Crippen molar-refractivity contribution in [3.05, 3.63) is 125 Å². The van der Waals surface area contributed by atoms with Gasteiger partial charge in [-0.3, -0.25) is 0 Å². The predicted molar refractivity (Wildman–Crippen MR) is 228 cm³/mol. The van der Waals surface area contributed by atoms with Gasteiger partial charge in [0.25, 0.3) is 0 Å². The molecule has 3 aliphatic heterocycles. The molecule has 0 atom stereocenters. The third-order valence-corrected chi connectivity index (χ3v) is 11.9. The van der Waals surface area contributed by atoms with E-state index in [1.165, 1.54) is 50.0 Å². The number of hydrogen-bond donors (Lipinski definition) is 0. The lowest BCUT2D eigenvalue weighted by molar-refractivity contribution is 0.470. The molecule has 7 aromatic rings. The van der Waals surface area contributed by atoms with Gasteiger partial charge in [0.2, 0.25) is 0 Å². The van der Waals surface area contributed by atoms with Crippen molar-refractivity contribution in [2.45, 2.75) is 85.5 Å². The van der Waals surface area contributed by atoms with E-state index >= 15 is 0 Å². The van der Waals surface area contributed by atoms with Gasteiger partial charge in [0.05, 0.1) is 11.4 Å². The highest BCUT2D eigenvalue weighted by atomic mass is 16.5. The fourth-order valence-electron chi connectivity index (χ4n) is 8.95. The van der Waals surface area contributed by atoms with Crippen LogP contribution in [0, 0.1) is 6.92 Å². The Morgan fingerprint density at radius 3 is 1.94 bits per heavy atom. The number of benzene rings is 6. The SMILES string of the molecule is Cc1cc2c3c(c1)N(c1ccc(C(C)(C)C)cc1)c1cc4oc5ccccc5c4cc1B3N1c3ccc(C(C)(C)C)cc3Oc3cc(C(C)(C)C)cc-2c31. The highest BCUT2D eigenvalue weighted by Crippen LogP contribution is 2.57. The molecule has 268 valence electrons. The number of para-hydroxylation sites is 1. The van der Waals surface area contributed by atoms with Crippen LogP contribution in [-0.4, -0.2) is 6.85 Å². The van der Waals surface area contributed by atoms with Crippen LogP contribution in [0.5, 0.6) is 11.5 Å². The monoisotopic (exact) mass is 706 g/mol. The first-order valence-corrected chi connectivity index (χ1v) is 19.4. The summed E-state index contributed by atoms with van der Waals surface area (Å²) in [4.78, 5) is 5.08. The molecule has 4 nitrogen and oxygen atoms in total. The van der Waals surface area contributed by atoms with Gasteiger partial charge in [-0.15, -0.1) is 0 Å². The molecular formula is C49H47BN2O2. The lowest BCUT2D eigenvalue weighted by Gasteiger charge is -2.48. The molecule has 10 rings (SSSR count). The minimum Gasteiger partial charge on any atom is -0.456 e. The van der Waals surface area contributed by atoms with E-state index in [0.717, 1.165) is 56.2 Å². The Morgan fingerprint density at radius 2 is 1.22 bits per heavy atom. The van der Waals surface area contributed by atoms with Crippen molar-refractivity contribution in [1.82, 2.24) is 0 Å². The first-order chi connectivity index (χ1) is 25.6. The summed E-state index contributed by atoms with van der Waals surface area (Å²) in [6.45, 7) is 22.7. The summed E-state index contributed by atoms with van der Waals surface area (Å²) in [5, 5.41) is 2.27. The van der Waals surface area contributed by atoms with E-state index < -0.39 is 0 Å². The zero-order valence-electron chi connectivity index (χ0n) is 33.1. The van der Waals surface area contributed by atoms with E-state index in [4.69, 9.17) is 9.15 Å². The second-order valence-electron chi connectivity index (χ2n) is 18.8. The minimum atomic E-state index is -0.108. The molecule has 0 N–H and O–H groups in total. The minimum absolute atomic E-state index is 0.0231. The van der Waals surface area contributed by atoms with Crippen molar-refractivity contribution in [2.75, 3.05) is 9.71 Å². The summed E-state index contributed by atoms with van der Waals surface area (Å²) < 4.78 is 13.7. The molecule has 0 amide bonds. The Labute approximate surface area is 319 Å². The number of rotatable bonds is 1. The molecule has 0 unspecified atom stereocenters. The maximum Gasteiger partial charge on any atom is 0.333 e. The second-order valence-corrected chi connectivity index (χ2v) is 18.8. The molecule has 1 aromatic heterocycles. The highest BCUT2D eigenvalue weighted by molar-refractivity contribution is 6.94. The molecular weight excluding hydrogens is 659 g/mol. The van der Waals surface area contributed by atoms with Crippen LogP contribution in [0.15, 0.2) is 108 Å². The summed E-state index contributed by atoms with van der Waals surface area (Å²) in [5.41, 5.74) is 17.6. The fourth-order valence-corrected chi connectivity index (χ4v) is 8.95. The molecule has 0 bridgehead atoms. The molecule has 0 radical (unpaired) electrons. The van der Waals surface area contributed by atoms with Gasteiger partial charge in [0.1, 0.15) is 16.9 Å². The van der Waals surface area contributed by atoms with Gasteiger partial charge in [-0.1, -0.05) is 111 Å². The van der Waals surface area contributed by atoms with Crippen molar-refractivity contribution >= 4 is 68.1 Å². The normalized spacial score (nSPS) is 14.5. The Kier molecular flexibility index (Phi) is 6.66. The first kappa shape index (κ1) is 33.2. The van der Waals surface area contributed by atoms with Gasteiger partial charge >= 0.3 is 6.85 Å². The predicted octanol–water partition coefficient (Wildman–Crippen LogP) is 12.6. The van der Waals surface area contributed by atoms with Crippen LogP contribution in [0.1, 0.15) is 84.6 Å². The van der Waals surface area contributed by atoms with Crippen molar-refractivity contribution < 1.29 is 9.15 Å². The van der Waals surface area contributed by atoms with Crippen LogP contribution in [0.4, 0.5) is 28.4 Å². The van der Waals surface area contributed by atoms with Gasteiger partial charge in [0.15, 0.2) is 5.75 Å². The van der Waals surface area contributed by atoms with Gasteiger partial charge in [-0.2, -0.15) is 0 Å². The molecule has 5 heteroatoms. The van der Waals surface area contributed by atoms with Gasteiger partial charge in [0, 0.05) is 39.5 Å². The van der Waals surface area contributed by atoms with Gasteiger partial charge < -0.3 is 18.9 Å². The Balaban J connectivity index is 1.34. The van der Waals surface area contributed by atoms with Crippen molar-refractivity contribution in [2.24, 2.45) is 0 Å². The van der Waals surface area contributed by atoms with Crippen LogP contribution in [0.25, 0.3) is 33.1 Å². The summed E-state index contributed by atoms with van der Waals surface area (Å²) >= 11 is 0. The molecule has 4 heterocycles. The molecule has 6 aromatic carbocycles. The standard InChI is InChI=1S/C49H47BN2O2/c1-28-21-35-36-23-31(49(8,9)10)25-44-46(36)52(38-20-17-30(48(5,6)7)24-43(38)54-44)50-37-26-34-33-13-11-12-14-41(33)53-42(34)27-39(37)51(40(22-28)45(35)50)32-18-15-29(16-19-32)47(2,3)4/h11-27H,1-10H3. The van der Waals surface area contributed by atoms with E-state index in [1.807, 2.05) is 0 Å². The summed E-state index contributed by atoms with van der Waals surface area (Å²) in [6.07, 6.45) is 0. The largest absolute Gasteiger partial charge is 0.456 e. The van der Waals surface area contributed by atoms with Crippen LogP contribution in [0.3, 0.4) is 0 Å². The summed E-state index contributed by atoms with van der Waals surface area (Å²) in [7, 11) is 0. The van der Waals surface area contributed by atoms with Crippen molar-refractivity contribution in [1.29, 1.82) is 0 Å². The average Bonchev–Trinajstić information content (AvgIpc) is 3.47. The highest BCUT2D eigenvalue weighted by Gasteiger charge is 2.49. The topological polar surface area (TPSA) is 28.9 Å². The average molecular weight is 707 g/mol. The van der Waals surface area contributed by atoms with Gasteiger partial charge in [-0.05, 0) is 110 Å². The maximum absolute atomic E-state index is 7.05. The summed E-state index contributed by atoms with van der Waals surface area (Å²) in [5.74, 6) is 1.82. The molecule has 0 spiro atoms. The Morgan fingerprint density at radius 1 is 0.537 bits per heavy atom. The van der Waals surface area contributed by atoms with Gasteiger partial charge in [-0.25, -0.2) is 0 Å². The van der Waals surface area contributed by atoms with Crippen LogP contribution >= 0.6 is 0 Å². The number of anilines is 5. The number of fused-ring (bicyclic) bond motifs is 9. The zero-order valence-corrected chi connectivity index (χ0v) is 33.1. The number of aryl methyl sites for hydroxylation is 1. The molecule has 0 saturated heterocycles. The zero-order chi connectivity index (χ0) is 37.6. The lowest BCUT2D eigenvalue weighted by atomic mass is 9.43. The fraction of sp³-hybridized carbons (Fsp3) is 0.265. The smallest absolute Gasteiger partial charge is 0.333 e. The lowest BCUT2D eigenvalue weighted by Crippen LogP contribution is -2.62. The molecule has 0 saturated carbocycles. The molecule has 0 aliphatic carbocycles. The number of hydrogen-bond acceptors (Lipinski definition) is 4. The third-order valence-electron chi connectivity index (χ3n) is 11.9. The third kappa shape index (κ3) is 4.76. The van der Waals surface area contributed by atoms with Crippen LogP contribution < -0.4 is 25.4 Å². The van der Waals surface area contributed by atoms with Crippen LogP contribution in [-0.2, 0) is 16.2 Å². The van der Waals surface area contributed by atoms with E-state index in [1.54, 1.807) is 0 Å². The van der Waals surface area contributed by atoms with E-state index in [-0.39, 0.29) is 23.1 Å². The number of furan rings is 1. The van der Waals surface area contributed by atoms with Crippen molar-refractivity contribution in [3.63, 3.8) is 0 Å². The number of nitrogens with zero attached hydrogens (tertiary/aromatic N) is 2. The maximum atomic E-state index is 7.05. The van der Waals surface area contributed by atoms with E-state index in [9.17, 15) is 0 Å². The Hall–Kier alpha value is -5.42. The van der Waals surface area contributed by atoms with E-state index in [0.29, 0.717) is 0 Å². The molecule has 54 heavy (non-hydrogen) atoms. The summed E-state index contributed by atoms with van der Waals surface area (Å²) in [6, 6.07) is 38.7. The molecule has 3 aliphatic rings. The second kappa shape index (κ2) is 10.8. The van der Waals surface area contributed by atoms with Crippen molar-refractivity contribution in [3.8, 4) is 22.6 Å². The quantitative estimate of drug-likeness (QED) is 0.159. The number of ether oxygens (including phenoxy) is 1. The van der Waals surface area contributed by atoms with Crippen LogP contribution in [0.2, 0.25) is 0 Å². The molecule has 0 fully saturated rings. The van der Waals surface area contributed by atoms with E-state index in [2.05, 4.69) is 182 Å². The Bertz CT molecular complexity index is 2720.